The SMILES string of the molecule is CCc1ccccc1-c1ccc(C(=O)NC(N)=NN=C(N)NC(=O)c2ccc(-c3ccc(N)cc3)o2)o1. The summed E-state index contributed by atoms with van der Waals surface area (Å²) in [6, 6.07) is 21.1. The average Bonchev–Trinajstić information content (AvgIpc) is 3.59. The zero-order chi connectivity index (χ0) is 26.4. The Labute approximate surface area is 212 Å². The van der Waals surface area contributed by atoms with Gasteiger partial charge >= 0.3 is 0 Å². The maximum Gasteiger partial charge on any atom is 0.293 e. The maximum absolute atomic E-state index is 12.5. The molecule has 4 aromatic rings. The molecule has 37 heavy (non-hydrogen) atoms. The number of nitrogens with one attached hydrogen (secondary N) is 2. The van der Waals surface area contributed by atoms with Gasteiger partial charge in [-0.25, -0.2) is 0 Å². The molecule has 4 rings (SSSR count). The fourth-order valence-electron chi connectivity index (χ4n) is 3.45. The Bertz CT molecular complexity index is 1480. The molecule has 0 saturated carbocycles. The number of furan rings is 2. The molecule has 11 nitrogen and oxygen atoms in total. The van der Waals surface area contributed by atoms with E-state index in [0.717, 1.165) is 23.1 Å². The quantitative estimate of drug-likeness (QED) is 0.117. The minimum atomic E-state index is -0.642. The predicted octanol–water partition coefficient (Wildman–Crippen LogP) is 3.06. The highest BCUT2D eigenvalue weighted by molar-refractivity contribution is 6.05. The van der Waals surface area contributed by atoms with Gasteiger partial charge in [0.1, 0.15) is 11.5 Å². The van der Waals surface area contributed by atoms with Crippen LogP contribution < -0.4 is 27.8 Å². The van der Waals surface area contributed by atoms with Crippen molar-refractivity contribution in [1.29, 1.82) is 0 Å². The average molecular weight is 500 g/mol. The molecule has 11 heteroatoms. The number of carbonyl (C=O) groups excluding carboxylic acids is 2. The first-order valence-corrected chi connectivity index (χ1v) is 11.3. The zero-order valence-corrected chi connectivity index (χ0v) is 19.9. The molecular formula is C26H25N7O4. The van der Waals surface area contributed by atoms with Crippen molar-refractivity contribution in [3.63, 3.8) is 0 Å². The second-order valence-electron chi connectivity index (χ2n) is 7.84. The van der Waals surface area contributed by atoms with Crippen molar-refractivity contribution in [3.05, 3.63) is 89.9 Å². The molecule has 0 fully saturated rings. The molecule has 8 N–H and O–H groups in total. The van der Waals surface area contributed by atoms with Crippen LogP contribution in [0.5, 0.6) is 0 Å². The van der Waals surface area contributed by atoms with E-state index in [1.54, 1.807) is 36.4 Å². The number of hydrogen-bond acceptors (Lipinski definition) is 7. The van der Waals surface area contributed by atoms with Crippen LogP contribution >= 0.6 is 0 Å². The molecule has 0 aliphatic heterocycles. The van der Waals surface area contributed by atoms with E-state index >= 15 is 0 Å². The summed E-state index contributed by atoms with van der Waals surface area (Å²) in [6.07, 6.45) is 0.817. The van der Waals surface area contributed by atoms with Gasteiger partial charge in [0.05, 0.1) is 0 Å². The molecule has 188 valence electrons. The Morgan fingerprint density at radius 1 is 0.757 bits per heavy atom. The number of carbonyl (C=O) groups is 2. The number of benzene rings is 2. The first-order chi connectivity index (χ1) is 17.8. The van der Waals surface area contributed by atoms with Crippen molar-refractivity contribution in [3.8, 4) is 22.6 Å². The van der Waals surface area contributed by atoms with Gasteiger partial charge in [-0.3, -0.25) is 20.2 Å². The van der Waals surface area contributed by atoms with E-state index in [9.17, 15) is 9.59 Å². The predicted molar refractivity (Wildman–Crippen MR) is 140 cm³/mol. The monoisotopic (exact) mass is 499 g/mol. The second kappa shape index (κ2) is 11.0. The van der Waals surface area contributed by atoms with Crippen LogP contribution in [0.2, 0.25) is 0 Å². The highest BCUT2D eigenvalue weighted by Gasteiger charge is 2.16. The highest BCUT2D eigenvalue weighted by Crippen LogP contribution is 2.26. The fraction of sp³-hybridized carbons (Fsp3) is 0.0769. The fourth-order valence-corrected chi connectivity index (χ4v) is 3.45. The summed E-state index contributed by atoms with van der Waals surface area (Å²) < 4.78 is 11.2. The lowest BCUT2D eigenvalue weighted by Crippen LogP contribution is -2.38. The van der Waals surface area contributed by atoms with E-state index < -0.39 is 11.8 Å². The minimum absolute atomic E-state index is 0.00787. The normalized spacial score (nSPS) is 11.8. The van der Waals surface area contributed by atoms with Gasteiger partial charge in [-0.1, -0.05) is 31.2 Å². The molecule has 0 atom stereocenters. The second-order valence-corrected chi connectivity index (χ2v) is 7.84. The van der Waals surface area contributed by atoms with Crippen LogP contribution in [0.25, 0.3) is 22.6 Å². The minimum Gasteiger partial charge on any atom is -0.451 e. The molecule has 2 aromatic carbocycles. The zero-order valence-electron chi connectivity index (χ0n) is 19.9. The van der Waals surface area contributed by atoms with Crippen LogP contribution in [0.15, 0.2) is 91.8 Å². The summed E-state index contributed by atoms with van der Waals surface area (Å²) in [5, 5.41) is 11.9. The summed E-state index contributed by atoms with van der Waals surface area (Å²) in [4.78, 5) is 24.8. The van der Waals surface area contributed by atoms with Crippen LogP contribution in [-0.2, 0) is 6.42 Å². The number of anilines is 1. The third-order valence-electron chi connectivity index (χ3n) is 5.27. The van der Waals surface area contributed by atoms with E-state index in [-0.39, 0.29) is 23.4 Å². The first kappa shape index (κ1) is 24.8. The van der Waals surface area contributed by atoms with E-state index in [4.69, 9.17) is 26.0 Å². The van der Waals surface area contributed by atoms with Crippen molar-refractivity contribution in [1.82, 2.24) is 10.6 Å². The molecule has 2 heterocycles. The van der Waals surface area contributed by atoms with Crippen molar-refractivity contribution >= 4 is 29.4 Å². The van der Waals surface area contributed by atoms with Gasteiger partial charge in [0.25, 0.3) is 11.8 Å². The third-order valence-corrected chi connectivity index (χ3v) is 5.27. The Hall–Kier alpha value is -5.32. The molecule has 2 aromatic heterocycles. The summed E-state index contributed by atoms with van der Waals surface area (Å²) in [5.41, 5.74) is 20.5. The standard InChI is InChI=1S/C26H25N7O4/c1-2-15-5-3-4-6-18(15)20-12-14-22(37-20)24(35)31-26(29)33-32-25(28)30-23(34)21-13-11-19(36-21)16-7-9-17(27)10-8-16/h3-14H,2,27H2,1H3,(H3,28,30,32,34)(H3,29,31,33,35). The highest BCUT2D eigenvalue weighted by atomic mass is 16.4. The lowest BCUT2D eigenvalue weighted by Gasteiger charge is -2.04. The van der Waals surface area contributed by atoms with Crippen LogP contribution in [0.1, 0.15) is 33.6 Å². The Morgan fingerprint density at radius 3 is 1.89 bits per heavy atom. The first-order valence-electron chi connectivity index (χ1n) is 11.3. The summed E-state index contributed by atoms with van der Waals surface area (Å²) in [7, 11) is 0. The topological polar surface area (TPSA) is 187 Å². The number of amides is 2. The van der Waals surface area contributed by atoms with Crippen LogP contribution in [0.4, 0.5) is 5.69 Å². The van der Waals surface area contributed by atoms with E-state index in [0.29, 0.717) is 17.2 Å². The molecule has 0 aliphatic carbocycles. The van der Waals surface area contributed by atoms with Gasteiger partial charge in [0.15, 0.2) is 11.5 Å². The van der Waals surface area contributed by atoms with E-state index in [1.807, 2.05) is 31.2 Å². The van der Waals surface area contributed by atoms with Crippen molar-refractivity contribution in [2.24, 2.45) is 21.7 Å². The Morgan fingerprint density at radius 2 is 1.30 bits per heavy atom. The number of nitrogens with two attached hydrogens (primary N) is 3. The van der Waals surface area contributed by atoms with Gasteiger partial charge in [0, 0.05) is 16.8 Å². The molecule has 2 amide bonds. The number of aryl methyl sites for hydroxylation is 1. The Kier molecular flexibility index (Phi) is 7.34. The number of rotatable bonds is 6. The summed E-state index contributed by atoms with van der Waals surface area (Å²) in [5.74, 6) is -0.888. The van der Waals surface area contributed by atoms with Crippen molar-refractivity contribution in [2.45, 2.75) is 13.3 Å². The number of nitrogen functional groups attached to an aromatic ring is 1. The largest absolute Gasteiger partial charge is 0.451 e. The number of hydrogen-bond donors (Lipinski definition) is 5. The summed E-state index contributed by atoms with van der Waals surface area (Å²) in [6.45, 7) is 2.04. The Balaban J connectivity index is 1.35. The van der Waals surface area contributed by atoms with Gasteiger partial charge in [-0.05, 0) is 60.5 Å². The lowest BCUT2D eigenvalue weighted by atomic mass is 10.0. The molecule has 0 bridgehead atoms. The molecule has 0 spiro atoms. The van der Waals surface area contributed by atoms with Gasteiger partial charge in [0.2, 0.25) is 11.9 Å². The van der Waals surface area contributed by atoms with Gasteiger partial charge in [-0.2, -0.15) is 0 Å². The van der Waals surface area contributed by atoms with E-state index in [2.05, 4.69) is 20.8 Å². The number of guanidine groups is 2. The van der Waals surface area contributed by atoms with Crippen molar-refractivity contribution < 1.29 is 18.4 Å². The van der Waals surface area contributed by atoms with Gasteiger partial charge in [-0.15, -0.1) is 10.2 Å². The molecular weight excluding hydrogens is 474 g/mol. The van der Waals surface area contributed by atoms with Crippen LogP contribution in [0.3, 0.4) is 0 Å². The summed E-state index contributed by atoms with van der Waals surface area (Å²) >= 11 is 0. The van der Waals surface area contributed by atoms with Crippen molar-refractivity contribution in [2.75, 3.05) is 5.73 Å². The smallest absolute Gasteiger partial charge is 0.293 e. The maximum atomic E-state index is 12.5. The van der Waals surface area contributed by atoms with Crippen LogP contribution in [-0.4, -0.2) is 23.7 Å². The molecule has 0 unspecified atom stereocenters. The van der Waals surface area contributed by atoms with Gasteiger partial charge < -0.3 is 26.0 Å². The third kappa shape index (κ3) is 6.03. The molecule has 0 saturated heterocycles. The number of nitrogens with zero attached hydrogens (tertiary/aromatic N) is 2. The van der Waals surface area contributed by atoms with E-state index in [1.165, 1.54) is 12.1 Å². The lowest BCUT2D eigenvalue weighted by molar-refractivity contribution is 0.0942. The molecule has 0 radical (unpaired) electrons. The molecule has 0 aliphatic rings. The van der Waals surface area contributed by atoms with Crippen LogP contribution in [0, 0.1) is 0 Å².